The Morgan fingerprint density at radius 1 is 1.60 bits per heavy atom. The summed E-state index contributed by atoms with van der Waals surface area (Å²) in [5.41, 5.74) is 0.0674. The Kier molecular flexibility index (Phi) is 3.36. The molecule has 1 N–H and O–H groups in total. The highest BCUT2D eigenvalue weighted by Gasteiger charge is 2.45. The Hall–Kier alpha value is -0.0900. The molecule has 2 atom stereocenters. The third-order valence-electron chi connectivity index (χ3n) is 3.45. The van der Waals surface area contributed by atoms with Gasteiger partial charge in [-0.2, -0.15) is 0 Å². The van der Waals surface area contributed by atoms with Crippen LogP contribution in [-0.2, 0) is 9.53 Å². The molecule has 4 heteroatoms. The minimum Gasteiger partial charge on any atom is -0.377 e. The number of amides is 1. The van der Waals surface area contributed by atoms with Gasteiger partial charge in [0, 0.05) is 17.5 Å². The SMILES string of the molecule is CCC1OCCC1C(=O)NC1(CBr)CC1. The summed E-state index contributed by atoms with van der Waals surface area (Å²) in [6.45, 7) is 2.81. The minimum absolute atomic E-state index is 0.0674. The van der Waals surface area contributed by atoms with Crippen LogP contribution in [0.2, 0.25) is 0 Å². The van der Waals surface area contributed by atoms with Crippen molar-refractivity contribution >= 4 is 21.8 Å². The van der Waals surface area contributed by atoms with Gasteiger partial charge in [0.05, 0.1) is 12.0 Å². The molecule has 86 valence electrons. The summed E-state index contributed by atoms with van der Waals surface area (Å²) < 4.78 is 5.53. The molecule has 1 amide bonds. The maximum Gasteiger partial charge on any atom is 0.226 e. The van der Waals surface area contributed by atoms with E-state index >= 15 is 0 Å². The number of hydrogen-bond acceptors (Lipinski definition) is 2. The van der Waals surface area contributed by atoms with Crippen molar-refractivity contribution in [2.45, 2.75) is 44.2 Å². The molecule has 0 aromatic rings. The third-order valence-corrected chi connectivity index (χ3v) is 4.52. The van der Waals surface area contributed by atoms with Crippen molar-refractivity contribution in [3.63, 3.8) is 0 Å². The fourth-order valence-corrected chi connectivity index (χ4v) is 2.85. The number of carbonyl (C=O) groups excluding carboxylic acids is 1. The highest BCUT2D eigenvalue weighted by molar-refractivity contribution is 9.09. The van der Waals surface area contributed by atoms with Crippen LogP contribution in [0.3, 0.4) is 0 Å². The molecule has 3 nitrogen and oxygen atoms in total. The molecule has 2 aliphatic rings. The Morgan fingerprint density at radius 3 is 2.87 bits per heavy atom. The number of alkyl halides is 1. The molecule has 0 aromatic carbocycles. The monoisotopic (exact) mass is 275 g/mol. The lowest BCUT2D eigenvalue weighted by atomic mass is 9.98. The van der Waals surface area contributed by atoms with Gasteiger partial charge in [-0.1, -0.05) is 22.9 Å². The molecule has 1 saturated carbocycles. The number of hydrogen-bond donors (Lipinski definition) is 1. The van der Waals surface area contributed by atoms with Crippen molar-refractivity contribution in [2.24, 2.45) is 5.92 Å². The van der Waals surface area contributed by atoms with Crippen LogP contribution in [0.25, 0.3) is 0 Å². The normalized spacial score (nSPS) is 32.7. The summed E-state index contributed by atoms with van der Waals surface area (Å²) in [6.07, 6.45) is 4.15. The first-order valence-electron chi connectivity index (χ1n) is 5.70. The van der Waals surface area contributed by atoms with Crippen molar-refractivity contribution in [3.05, 3.63) is 0 Å². The van der Waals surface area contributed by atoms with Gasteiger partial charge in [-0.15, -0.1) is 0 Å². The zero-order chi connectivity index (χ0) is 10.9. The van der Waals surface area contributed by atoms with Crippen molar-refractivity contribution in [1.82, 2.24) is 5.32 Å². The van der Waals surface area contributed by atoms with E-state index in [2.05, 4.69) is 28.2 Å². The van der Waals surface area contributed by atoms with E-state index in [9.17, 15) is 4.79 Å². The summed E-state index contributed by atoms with van der Waals surface area (Å²) in [6, 6.07) is 0. The predicted octanol–water partition coefficient (Wildman–Crippen LogP) is 1.85. The van der Waals surface area contributed by atoms with Gasteiger partial charge in [-0.05, 0) is 25.7 Å². The summed E-state index contributed by atoms with van der Waals surface area (Å²) >= 11 is 3.46. The minimum atomic E-state index is 0.0674. The van der Waals surface area contributed by atoms with Crippen LogP contribution in [0.15, 0.2) is 0 Å². The molecular formula is C11H18BrNO2. The van der Waals surface area contributed by atoms with Gasteiger partial charge in [0.15, 0.2) is 0 Å². The molecule has 0 bridgehead atoms. The number of halogens is 1. The van der Waals surface area contributed by atoms with E-state index in [-0.39, 0.29) is 23.5 Å². The third kappa shape index (κ3) is 2.36. The molecule has 1 heterocycles. The van der Waals surface area contributed by atoms with Crippen molar-refractivity contribution in [1.29, 1.82) is 0 Å². The Balaban J connectivity index is 1.90. The summed E-state index contributed by atoms with van der Waals surface area (Å²) in [4.78, 5) is 12.0. The smallest absolute Gasteiger partial charge is 0.226 e. The summed E-state index contributed by atoms with van der Waals surface area (Å²) in [5.74, 6) is 0.267. The highest BCUT2D eigenvalue weighted by Crippen LogP contribution is 2.38. The molecule has 2 unspecified atom stereocenters. The van der Waals surface area contributed by atoms with E-state index in [1.807, 2.05) is 0 Å². The molecule has 1 aliphatic carbocycles. The highest BCUT2D eigenvalue weighted by atomic mass is 79.9. The second-order valence-electron chi connectivity index (χ2n) is 4.62. The Labute approximate surface area is 99.1 Å². The van der Waals surface area contributed by atoms with Crippen LogP contribution in [0, 0.1) is 5.92 Å². The van der Waals surface area contributed by atoms with Crippen LogP contribution in [0.1, 0.15) is 32.6 Å². The van der Waals surface area contributed by atoms with Gasteiger partial charge in [0.25, 0.3) is 0 Å². The van der Waals surface area contributed by atoms with Crippen LogP contribution in [0.5, 0.6) is 0 Å². The second-order valence-corrected chi connectivity index (χ2v) is 5.18. The first kappa shape index (κ1) is 11.4. The molecular weight excluding hydrogens is 258 g/mol. The maximum atomic E-state index is 12.0. The van der Waals surface area contributed by atoms with Gasteiger partial charge >= 0.3 is 0 Å². The summed E-state index contributed by atoms with van der Waals surface area (Å²) in [5, 5.41) is 4.03. The van der Waals surface area contributed by atoms with Crippen LogP contribution in [0.4, 0.5) is 0 Å². The largest absolute Gasteiger partial charge is 0.377 e. The topological polar surface area (TPSA) is 38.3 Å². The number of nitrogens with one attached hydrogen (secondary N) is 1. The van der Waals surface area contributed by atoms with Crippen molar-refractivity contribution in [3.8, 4) is 0 Å². The first-order valence-corrected chi connectivity index (χ1v) is 6.82. The fraction of sp³-hybridized carbons (Fsp3) is 0.909. The predicted molar refractivity (Wildman–Crippen MR) is 62.0 cm³/mol. The van der Waals surface area contributed by atoms with E-state index in [1.165, 1.54) is 0 Å². The molecule has 1 aliphatic heterocycles. The maximum absolute atomic E-state index is 12.0. The van der Waals surface area contributed by atoms with E-state index in [0.717, 1.165) is 37.6 Å². The van der Waals surface area contributed by atoms with E-state index in [4.69, 9.17) is 4.74 Å². The van der Waals surface area contributed by atoms with Crippen LogP contribution >= 0.6 is 15.9 Å². The molecule has 0 radical (unpaired) electrons. The average molecular weight is 276 g/mol. The van der Waals surface area contributed by atoms with Crippen LogP contribution < -0.4 is 5.32 Å². The summed E-state index contributed by atoms with van der Waals surface area (Å²) in [7, 11) is 0. The van der Waals surface area contributed by atoms with Crippen molar-refractivity contribution < 1.29 is 9.53 Å². The van der Waals surface area contributed by atoms with Gasteiger partial charge < -0.3 is 10.1 Å². The lowest BCUT2D eigenvalue weighted by Crippen LogP contribution is -2.43. The molecule has 15 heavy (non-hydrogen) atoms. The quantitative estimate of drug-likeness (QED) is 0.796. The molecule has 2 rings (SSSR count). The van der Waals surface area contributed by atoms with Gasteiger partial charge in [0.2, 0.25) is 5.91 Å². The lowest BCUT2D eigenvalue weighted by molar-refractivity contribution is -0.127. The van der Waals surface area contributed by atoms with Gasteiger partial charge in [0.1, 0.15) is 0 Å². The van der Waals surface area contributed by atoms with Gasteiger partial charge in [-0.3, -0.25) is 4.79 Å². The van der Waals surface area contributed by atoms with Crippen molar-refractivity contribution in [2.75, 3.05) is 11.9 Å². The van der Waals surface area contributed by atoms with E-state index in [1.54, 1.807) is 0 Å². The number of rotatable bonds is 4. The Bertz CT molecular complexity index is 253. The van der Waals surface area contributed by atoms with E-state index in [0.29, 0.717) is 0 Å². The standard InChI is InChI=1S/C11H18BrNO2/c1-2-9-8(3-6-15-9)10(14)13-11(7-12)4-5-11/h8-9H,2-7H2,1H3,(H,13,14). The first-order chi connectivity index (χ1) is 7.21. The van der Waals surface area contributed by atoms with Gasteiger partial charge in [-0.25, -0.2) is 0 Å². The average Bonchev–Trinajstić information content (AvgIpc) is 2.85. The Morgan fingerprint density at radius 2 is 2.33 bits per heavy atom. The zero-order valence-electron chi connectivity index (χ0n) is 9.09. The lowest BCUT2D eigenvalue weighted by Gasteiger charge is -2.20. The van der Waals surface area contributed by atoms with Crippen LogP contribution in [-0.4, -0.2) is 29.5 Å². The molecule has 0 aromatic heterocycles. The zero-order valence-corrected chi connectivity index (χ0v) is 10.7. The molecule has 2 fully saturated rings. The molecule has 0 spiro atoms. The molecule has 1 saturated heterocycles. The number of ether oxygens (including phenoxy) is 1. The fourth-order valence-electron chi connectivity index (χ4n) is 2.15. The number of carbonyl (C=O) groups is 1. The second kappa shape index (κ2) is 4.42. The van der Waals surface area contributed by atoms with E-state index < -0.39 is 0 Å².